The summed E-state index contributed by atoms with van der Waals surface area (Å²) in [6, 6.07) is 18.5. The zero-order chi connectivity index (χ0) is 19.7. The molecule has 2 aromatic carbocycles. The van der Waals surface area contributed by atoms with Gasteiger partial charge in [-0.1, -0.05) is 54.1 Å². The number of pyridine rings is 1. The number of aromatic nitrogens is 1. The van der Waals surface area contributed by atoms with Crippen molar-refractivity contribution < 1.29 is 14.3 Å². The Balaban J connectivity index is 1.84. The van der Waals surface area contributed by atoms with E-state index in [4.69, 9.17) is 0 Å². The molecule has 0 saturated heterocycles. The SMILES string of the molecule is Cc1ccc(C2=C(O)C(=O)N(Cc3ccccn3)[C@@H]2c2ccccc2F)cc1. The second kappa shape index (κ2) is 7.27. The Morgan fingerprint density at radius 1 is 1.04 bits per heavy atom. The molecule has 4 rings (SSSR count). The number of carbonyl (C=O) groups excluding carboxylic acids is 1. The fourth-order valence-electron chi connectivity index (χ4n) is 3.53. The standard InChI is InChI=1S/C23H19FN2O2/c1-15-9-11-16(12-10-15)20-21(18-7-2-3-8-19(18)24)26(23(28)22(20)27)14-17-6-4-5-13-25-17/h2-13,21,27H,14H2,1H3/t21-/m1/s1. The average Bonchev–Trinajstić information content (AvgIpc) is 2.95. The Bertz CT molecular complexity index is 1050. The zero-order valence-electron chi connectivity index (χ0n) is 15.3. The van der Waals surface area contributed by atoms with Crippen LogP contribution in [-0.2, 0) is 11.3 Å². The molecule has 1 aliphatic heterocycles. The smallest absolute Gasteiger partial charge is 0.290 e. The highest BCUT2D eigenvalue weighted by atomic mass is 19.1. The van der Waals surface area contributed by atoms with Crippen LogP contribution >= 0.6 is 0 Å². The molecule has 1 N–H and O–H groups in total. The number of nitrogens with zero attached hydrogens (tertiary/aromatic N) is 2. The molecule has 5 heteroatoms. The zero-order valence-corrected chi connectivity index (χ0v) is 15.3. The fourth-order valence-corrected chi connectivity index (χ4v) is 3.53. The van der Waals surface area contributed by atoms with Crippen molar-refractivity contribution in [3.05, 3.63) is 107 Å². The topological polar surface area (TPSA) is 53.4 Å². The highest BCUT2D eigenvalue weighted by Crippen LogP contribution is 2.44. The van der Waals surface area contributed by atoms with Crippen LogP contribution < -0.4 is 0 Å². The molecule has 0 radical (unpaired) electrons. The van der Waals surface area contributed by atoms with Gasteiger partial charge >= 0.3 is 0 Å². The van der Waals surface area contributed by atoms with Crippen molar-refractivity contribution in [3.8, 4) is 0 Å². The molecule has 1 amide bonds. The lowest BCUT2D eigenvalue weighted by atomic mass is 9.92. The molecule has 28 heavy (non-hydrogen) atoms. The second-order valence-electron chi connectivity index (χ2n) is 6.81. The Morgan fingerprint density at radius 3 is 2.43 bits per heavy atom. The normalized spacial score (nSPS) is 16.7. The van der Waals surface area contributed by atoms with Crippen molar-refractivity contribution in [2.75, 3.05) is 0 Å². The van der Waals surface area contributed by atoms with Gasteiger partial charge in [0.2, 0.25) is 0 Å². The van der Waals surface area contributed by atoms with Crippen molar-refractivity contribution in [2.45, 2.75) is 19.5 Å². The van der Waals surface area contributed by atoms with Crippen molar-refractivity contribution >= 4 is 11.5 Å². The van der Waals surface area contributed by atoms with Gasteiger partial charge in [0, 0.05) is 17.3 Å². The van der Waals surface area contributed by atoms with Gasteiger partial charge in [0.05, 0.1) is 18.3 Å². The maximum Gasteiger partial charge on any atom is 0.290 e. The number of rotatable bonds is 4. The van der Waals surface area contributed by atoms with Crippen LogP contribution in [0, 0.1) is 12.7 Å². The van der Waals surface area contributed by atoms with Gasteiger partial charge in [0.15, 0.2) is 5.76 Å². The van der Waals surface area contributed by atoms with Crippen molar-refractivity contribution in [2.24, 2.45) is 0 Å². The minimum atomic E-state index is -0.738. The first-order chi connectivity index (χ1) is 13.6. The van der Waals surface area contributed by atoms with E-state index < -0.39 is 17.8 Å². The van der Waals surface area contributed by atoms with Crippen LogP contribution in [-0.4, -0.2) is 20.9 Å². The number of halogens is 1. The lowest BCUT2D eigenvalue weighted by molar-refractivity contribution is -0.130. The molecule has 0 saturated carbocycles. The van der Waals surface area contributed by atoms with E-state index in [1.54, 1.807) is 36.5 Å². The summed E-state index contributed by atoms with van der Waals surface area (Å²) in [6.07, 6.45) is 1.64. The monoisotopic (exact) mass is 374 g/mol. The van der Waals surface area contributed by atoms with E-state index in [0.29, 0.717) is 22.4 Å². The molecule has 1 atom stereocenters. The first-order valence-corrected chi connectivity index (χ1v) is 9.01. The molecular formula is C23H19FN2O2. The molecule has 140 valence electrons. The molecule has 2 heterocycles. The van der Waals surface area contributed by atoms with Crippen molar-refractivity contribution in [1.29, 1.82) is 0 Å². The van der Waals surface area contributed by atoms with Crippen LogP contribution in [0.3, 0.4) is 0 Å². The van der Waals surface area contributed by atoms with E-state index in [2.05, 4.69) is 4.98 Å². The van der Waals surface area contributed by atoms with Crippen LogP contribution in [0.4, 0.5) is 4.39 Å². The van der Waals surface area contributed by atoms with Gasteiger partial charge in [-0.05, 0) is 30.7 Å². The summed E-state index contributed by atoms with van der Waals surface area (Å²) >= 11 is 0. The number of amides is 1. The highest BCUT2D eigenvalue weighted by Gasteiger charge is 2.42. The van der Waals surface area contributed by atoms with Gasteiger partial charge in [-0.2, -0.15) is 0 Å². The number of aliphatic hydroxyl groups is 1. The Labute approximate surface area is 162 Å². The predicted octanol–water partition coefficient (Wildman–Crippen LogP) is 4.58. The minimum absolute atomic E-state index is 0.165. The van der Waals surface area contributed by atoms with Gasteiger partial charge in [-0.3, -0.25) is 9.78 Å². The summed E-state index contributed by atoms with van der Waals surface area (Å²) in [6.45, 7) is 2.12. The van der Waals surface area contributed by atoms with Crippen LogP contribution in [0.25, 0.3) is 5.57 Å². The molecule has 1 aromatic heterocycles. The maximum absolute atomic E-state index is 14.7. The van der Waals surface area contributed by atoms with Crippen LogP contribution in [0.5, 0.6) is 0 Å². The Morgan fingerprint density at radius 2 is 1.75 bits per heavy atom. The van der Waals surface area contributed by atoms with Gasteiger partial charge in [0.25, 0.3) is 5.91 Å². The van der Waals surface area contributed by atoms with Crippen LogP contribution in [0.15, 0.2) is 78.7 Å². The first kappa shape index (κ1) is 17.9. The van der Waals surface area contributed by atoms with Crippen LogP contribution in [0.2, 0.25) is 0 Å². The largest absolute Gasteiger partial charge is 0.503 e. The van der Waals surface area contributed by atoms with E-state index in [1.807, 2.05) is 37.3 Å². The number of aryl methyl sites for hydroxylation is 1. The van der Waals surface area contributed by atoms with Gasteiger partial charge in [-0.15, -0.1) is 0 Å². The summed E-state index contributed by atoms with van der Waals surface area (Å²) in [4.78, 5) is 18.7. The third-order valence-corrected chi connectivity index (χ3v) is 4.92. The quantitative estimate of drug-likeness (QED) is 0.727. The number of benzene rings is 2. The second-order valence-corrected chi connectivity index (χ2v) is 6.81. The number of aliphatic hydroxyl groups excluding tert-OH is 1. The molecule has 0 spiro atoms. The van der Waals surface area contributed by atoms with Gasteiger partial charge in [0.1, 0.15) is 5.82 Å². The van der Waals surface area contributed by atoms with Gasteiger partial charge in [-0.25, -0.2) is 4.39 Å². The number of hydrogen-bond acceptors (Lipinski definition) is 3. The van der Waals surface area contributed by atoms with Gasteiger partial charge < -0.3 is 10.0 Å². The average molecular weight is 374 g/mol. The number of hydrogen-bond donors (Lipinski definition) is 1. The third kappa shape index (κ3) is 3.16. The summed E-state index contributed by atoms with van der Waals surface area (Å²) in [7, 11) is 0. The Hall–Kier alpha value is -3.47. The number of carbonyl (C=O) groups is 1. The summed E-state index contributed by atoms with van der Waals surface area (Å²) in [5, 5.41) is 10.7. The maximum atomic E-state index is 14.7. The lowest BCUT2D eigenvalue weighted by Crippen LogP contribution is -2.30. The predicted molar refractivity (Wildman–Crippen MR) is 105 cm³/mol. The molecule has 0 bridgehead atoms. The third-order valence-electron chi connectivity index (χ3n) is 4.92. The molecule has 0 fully saturated rings. The molecular weight excluding hydrogens is 355 g/mol. The summed E-state index contributed by atoms with van der Waals surface area (Å²) < 4.78 is 14.7. The molecule has 1 aliphatic rings. The highest BCUT2D eigenvalue weighted by molar-refractivity contribution is 6.05. The first-order valence-electron chi connectivity index (χ1n) is 9.01. The molecule has 0 aliphatic carbocycles. The molecule has 0 unspecified atom stereocenters. The van der Waals surface area contributed by atoms with Crippen molar-refractivity contribution in [1.82, 2.24) is 9.88 Å². The van der Waals surface area contributed by atoms with E-state index >= 15 is 0 Å². The van der Waals surface area contributed by atoms with E-state index in [9.17, 15) is 14.3 Å². The van der Waals surface area contributed by atoms with E-state index in [-0.39, 0.29) is 12.3 Å². The molecule has 3 aromatic rings. The molecule has 4 nitrogen and oxygen atoms in total. The minimum Gasteiger partial charge on any atom is -0.503 e. The van der Waals surface area contributed by atoms with E-state index in [0.717, 1.165) is 5.56 Å². The van der Waals surface area contributed by atoms with Crippen molar-refractivity contribution in [3.63, 3.8) is 0 Å². The summed E-state index contributed by atoms with van der Waals surface area (Å²) in [5.41, 5.74) is 3.15. The van der Waals surface area contributed by atoms with E-state index in [1.165, 1.54) is 11.0 Å². The van der Waals surface area contributed by atoms with Crippen LogP contribution in [0.1, 0.15) is 28.4 Å². The summed E-state index contributed by atoms with van der Waals surface area (Å²) in [5.74, 6) is -1.31. The Kier molecular flexibility index (Phi) is 4.65. The lowest BCUT2D eigenvalue weighted by Gasteiger charge is -2.27. The fraction of sp³-hybridized carbons (Fsp3) is 0.130.